The molecule has 0 aliphatic rings. The number of hydrogen-bond acceptors (Lipinski definition) is 3. The molecule has 0 saturated carbocycles. The molecule has 3 aromatic rings. The van der Waals surface area contributed by atoms with Crippen molar-refractivity contribution in [1.82, 2.24) is 15.6 Å². The zero-order chi connectivity index (χ0) is 17.8. The van der Waals surface area contributed by atoms with E-state index in [2.05, 4.69) is 36.7 Å². The predicted molar refractivity (Wildman–Crippen MR) is 98.2 cm³/mol. The summed E-state index contributed by atoms with van der Waals surface area (Å²) in [6, 6.07) is 13.4. The first-order chi connectivity index (χ1) is 12.0. The van der Waals surface area contributed by atoms with E-state index in [0.29, 0.717) is 5.69 Å². The van der Waals surface area contributed by atoms with Crippen LogP contribution in [-0.2, 0) is 0 Å². The SMILES string of the molecule is O=C(N/N=C/c1c(F)cccc1Cl)c1cc(-c2ccc(Br)cc2)n[nH]1. The summed E-state index contributed by atoms with van der Waals surface area (Å²) in [4.78, 5) is 12.1. The van der Waals surface area contributed by atoms with Gasteiger partial charge in [0.15, 0.2) is 0 Å². The van der Waals surface area contributed by atoms with E-state index in [9.17, 15) is 9.18 Å². The van der Waals surface area contributed by atoms with Gasteiger partial charge in [-0.3, -0.25) is 9.89 Å². The number of hydrazone groups is 1. The lowest BCUT2D eigenvalue weighted by atomic mass is 10.1. The van der Waals surface area contributed by atoms with Gasteiger partial charge in [0.25, 0.3) is 5.91 Å². The largest absolute Gasteiger partial charge is 0.289 e. The summed E-state index contributed by atoms with van der Waals surface area (Å²) in [6.07, 6.45) is 1.15. The van der Waals surface area contributed by atoms with E-state index in [1.54, 1.807) is 6.07 Å². The number of amides is 1. The highest BCUT2D eigenvalue weighted by Crippen LogP contribution is 2.20. The maximum Gasteiger partial charge on any atom is 0.289 e. The molecule has 0 unspecified atom stereocenters. The number of aromatic nitrogens is 2. The second-order valence-electron chi connectivity index (χ2n) is 5.01. The number of carbonyl (C=O) groups excluding carboxylic acids is 1. The van der Waals surface area contributed by atoms with Crippen LogP contribution in [0.2, 0.25) is 5.02 Å². The molecule has 126 valence electrons. The number of carbonyl (C=O) groups is 1. The summed E-state index contributed by atoms with van der Waals surface area (Å²) in [7, 11) is 0. The van der Waals surface area contributed by atoms with Gasteiger partial charge in [-0.05, 0) is 30.3 Å². The molecular weight excluding hydrogens is 411 g/mol. The number of nitrogens with one attached hydrogen (secondary N) is 2. The van der Waals surface area contributed by atoms with E-state index in [1.165, 1.54) is 18.2 Å². The van der Waals surface area contributed by atoms with Crippen LogP contribution in [-0.4, -0.2) is 22.3 Å². The molecule has 5 nitrogen and oxygen atoms in total. The van der Waals surface area contributed by atoms with Crippen molar-refractivity contribution in [2.45, 2.75) is 0 Å². The third-order valence-corrected chi connectivity index (χ3v) is 4.18. The Morgan fingerprint density at radius 1 is 1.28 bits per heavy atom. The maximum absolute atomic E-state index is 13.6. The Labute approximate surface area is 156 Å². The average Bonchev–Trinajstić information content (AvgIpc) is 3.08. The summed E-state index contributed by atoms with van der Waals surface area (Å²) < 4.78 is 14.6. The molecule has 3 rings (SSSR count). The van der Waals surface area contributed by atoms with E-state index in [0.717, 1.165) is 16.3 Å². The monoisotopic (exact) mass is 420 g/mol. The minimum Gasteiger partial charge on any atom is -0.272 e. The van der Waals surface area contributed by atoms with Gasteiger partial charge in [-0.2, -0.15) is 10.2 Å². The Kier molecular flexibility index (Phi) is 5.25. The molecule has 0 fully saturated rings. The first-order valence-corrected chi connectivity index (χ1v) is 8.30. The van der Waals surface area contributed by atoms with Crippen LogP contribution in [0.15, 0.2) is 58.1 Å². The molecule has 0 aliphatic heterocycles. The van der Waals surface area contributed by atoms with E-state index in [-0.39, 0.29) is 16.3 Å². The third-order valence-electron chi connectivity index (χ3n) is 3.32. The van der Waals surface area contributed by atoms with Crippen LogP contribution in [0.4, 0.5) is 4.39 Å². The lowest BCUT2D eigenvalue weighted by molar-refractivity contribution is 0.0950. The van der Waals surface area contributed by atoms with Crippen molar-refractivity contribution in [1.29, 1.82) is 0 Å². The van der Waals surface area contributed by atoms with Gasteiger partial charge in [-0.25, -0.2) is 9.82 Å². The highest BCUT2D eigenvalue weighted by atomic mass is 79.9. The Morgan fingerprint density at radius 2 is 2.04 bits per heavy atom. The second-order valence-corrected chi connectivity index (χ2v) is 6.33. The molecule has 0 atom stereocenters. The van der Waals surface area contributed by atoms with Crippen LogP contribution in [0, 0.1) is 5.82 Å². The van der Waals surface area contributed by atoms with E-state index >= 15 is 0 Å². The van der Waals surface area contributed by atoms with Crippen LogP contribution in [0.5, 0.6) is 0 Å². The van der Waals surface area contributed by atoms with Crippen molar-refractivity contribution in [2.24, 2.45) is 5.10 Å². The molecule has 0 radical (unpaired) electrons. The van der Waals surface area contributed by atoms with Crippen LogP contribution in [0.1, 0.15) is 16.1 Å². The zero-order valence-corrected chi connectivity index (χ0v) is 15.0. The summed E-state index contributed by atoms with van der Waals surface area (Å²) in [5, 5.41) is 10.7. The van der Waals surface area contributed by atoms with Gasteiger partial charge in [0.1, 0.15) is 11.5 Å². The van der Waals surface area contributed by atoms with Crippen molar-refractivity contribution in [3.8, 4) is 11.3 Å². The molecule has 1 aromatic heterocycles. The van der Waals surface area contributed by atoms with Crippen LogP contribution in [0.25, 0.3) is 11.3 Å². The zero-order valence-electron chi connectivity index (χ0n) is 12.6. The summed E-state index contributed by atoms with van der Waals surface area (Å²) >= 11 is 9.24. The molecule has 0 bridgehead atoms. The third kappa shape index (κ3) is 4.12. The topological polar surface area (TPSA) is 70.1 Å². The fourth-order valence-corrected chi connectivity index (χ4v) is 2.53. The molecule has 8 heteroatoms. The Balaban J connectivity index is 1.70. The van der Waals surface area contributed by atoms with Crippen LogP contribution >= 0.6 is 27.5 Å². The van der Waals surface area contributed by atoms with Gasteiger partial charge in [0.05, 0.1) is 16.9 Å². The molecular formula is C17H11BrClFN4O. The smallest absolute Gasteiger partial charge is 0.272 e. The number of aromatic amines is 1. The van der Waals surface area contributed by atoms with Crippen molar-refractivity contribution in [3.05, 3.63) is 75.1 Å². The fraction of sp³-hybridized carbons (Fsp3) is 0. The van der Waals surface area contributed by atoms with Crippen LogP contribution in [0.3, 0.4) is 0 Å². The molecule has 0 aliphatic carbocycles. The molecule has 2 aromatic carbocycles. The summed E-state index contributed by atoms with van der Waals surface area (Å²) in [5.74, 6) is -1.02. The lowest BCUT2D eigenvalue weighted by Crippen LogP contribution is -2.18. The fourth-order valence-electron chi connectivity index (χ4n) is 2.06. The Morgan fingerprint density at radius 3 is 2.76 bits per heavy atom. The number of H-pyrrole nitrogens is 1. The molecule has 0 saturated heterocycles. The maximum atomic E-state index is 13.6. The van der Waals surface area contributed by atoms with E-state index < -0.39 is 11.7 Å². The highest BCUT2D eigenvalue weighted by molar-refractivity contribution is 9.10. The van der Waals surface area contributed by atoms with Gasteiger partial charge in [0, 0.05) is 15.6 Å². The molecule has 0 spiro atoms. The normalized spacial score (nSPS) is 11.0. The van der Waals surface area contributed by atoms with E-state index in [4.69, 9.17) is 11.6 Å². The Bertz CT molecular complexity index is 920. The number of hydrogen-bond donors (Lipinski definition) is 2. The van der Waals surface area contributed by atoms with E-state index in [1.807, 2.05) is 24.3 Å². The van der Waals surface area contributed by atoms with Crippen molar-refractivity contribution in [3.63, 3.8) is 0 Å². The van der Waals surface area contributed by atoms with Crippen molar-refractivity contribution >= 4 is 39.7 Å². The van der Waals surface area contributed by atoms with Crippen LogP contribution < -0.4 is 5.43 Å². The summed E-state index contributed by atoms with van der Waals surface area (Å²) in [5.41, 5.74) is 4.12. The molecule has 1 heterocycles. The van der Waals surface area contributed by atoms with Gasteiger partial charge < -0.3 is 0 Å². The first-order valence-electron chi connectivity index (χ1n) is 7.13. The van der Waals surface area contributed by atoms with Gasteiger partial charge in [-0.1, -0.05) is 45.7 Å². The lowest BCUT2D eigenvalue weighted by Gasteiger charge is -1.99. The highest BCUT2D eigenvalue weighted by Gasteiger charge is 2.10. The first kappa shape index (κ1) is 17.3. The van der Waals surface area contributed by atoms with Gasteiger partial charge in [-0.15, -0.1) is 0 Å². The average molecular weight is 422 g/mol. The predicted octanol–water partition coefficient (Wildman–Crippen LogP) is 4.40. The molecule has 1 amide bonds. The molecule has 2 N–H and O–H groups in total. The standard InChI is InChI=1S/C17H11BrClFN4O/c18-11-6-4-10(5-7-11)15-8-16(23-22-15)17(25)24-21-9-12-13(19)2-1-3-14(12)20/h1-9H,(H,22,23)(H,24,25)/b21-9+. The number of nitrogens with zero attached hydrogens (tertiary/aromatic N) is 2. The Hall–Kier alpha value is -2.51. The van der Waals surface area contributed by atoms with Gasteiger partial charge >= 0.3 is 0 Å². The summed E-state index contributed by atoms with van der Waals surface area (Å²) in [6.45, 7) is 0. The second kappa shape index (κ2) is 7.58. The number of halogens is 3. The van der Waals surface area contributed by atoms with Crippen molar-refractivity contribution in [2.75, 3.05) is 0 Å². The molecule has 25 heavy (non-hydrogen) atoms. The minimum atomic E-state index is -0.524. The van der Waals surface area contributed by atoms with Gasteiger partial charge in [0.2, 0.25) is 0 Å². The quantitative estimate of drug-likeness (QED) is 0.484. The minimum absolute atomic E-state index is 0.102. The number of benzene rings is 2. The number of rotatable bonds is 4. The van der Waals surface area contributed by atoms with Crippen molar-refractivity contribution < 1.29 is 9.18 Å².